The highest BCUT2D eigenvalue weighted by Gasteiger charge is 2.71. The summed E-state index contributed by atoms with van der Waals surface area (Å²) in [6.45, 7) is 12.3. The zero-order valence-electron chi connectivity index (χ0n) is 24.2. The lowest BCUT2D eigenvalue weighted by molar-refractivity contribution is -0.254. The minimum atomic E-state index is -0.698. The molecule has 5 aliphatic carbocycles. The molecule has 5 aliphatic rings. The number of aliphatic hydroxyl groups excluding tert-OH is 1. The number of hydrogen-bond donors (Lipinski definition) is 2. The Morgan fingerprint density at radius 3 is 2.34 bits per heavy atom. The molecule has 1 aromatic rings. The van der Waals surface area contributed by atoms with Gasteiger partial charge in [0, 0.05) is 24.2 Å². The van der Waals surface area contributed by atoms with Crippen molar-refractivity contribution in [1.29, 1.82) is 0 Å². The van der Waals surface area contributed by atoms with E-state index in [1.54, 1.807) is 18.5 Å². The van der Waals surface area contributed by atoms with Gasteiger partial charge in [-0.05, 0) is 127 Å². The lowest BCUT2D eigenvalue weighted by Gasteiger charge is -2.72. The Bertz CT molecular complexity index is 1110. The van der Waals surface area contributed by atoms with Gasteiger partial charge in [0.2, 0.25) is 0 Å². The second kappa shape index (κ2) is 8.74. The lowest BCUT2D eigenvalue weighted by atomic mass is 9.33. The van der Waals surface area contributed by atoms with Gasteiger partial charge in [-0.15, -0.1) is 0 Å². The van der Waals surface area contributed by atoms with Crippen molar-refractivity contribution in [2.45, 2.75) is 111 Å². The summed E-state index contributed by atoms with van der Waals surface area (Å²) < 4.78 is 0. The van der Waals surface area contributed by atoms with Crippen molar-refractivity contribution in [1.82, 2.24) is 4.98 Å². The fraction of sp³-hybridized carbons (Fsp3) is 0.765. The molecule has 6 rings (SSSR count). The second-order valence-corrected chi connectivity index (χ2v) is 15.3. The molecule has 5 saturated carbocycles. The molecule has 0 bridgehead atoms. The first-order valence-electron chi connectivity index (χ1n) is 15.4. The Morgan fingerprint density at radius 1 is 0.868 bits per heavy atom. The maximum atomic E-state index is 13.7. The average Bonchev–Trinajstić information content (AvgIpc) is 3.24. The van der Waals surface area contributed by atoms with E-state index in [-0.39, 0.29) is 45.4 Å². The van der Waals surface area contributed by atoms with Gasteiger partial charge in [0.1, 0.15) is 0 Å². The summed E-state index contributed by atoms with van der Waals surface area (Å²) in [5.41, 5.74) is 0.825. The van der Waals surface area contributed by atoms with Crippen LogP contribution in [-0.4, -0.2) is 32.7 Å². The summed E-state index contributed by atoms with van der Waals surface area (Å²) in [5.74, 6) is 1.74. The molecular weight excluding hydrogens is 470 g/mol. The molecule has 0 unspecified atom stereocenters. The van der Waals surface area contributed by atoms with E-state index in [0.717, 1.165) is 50.5 Å². The molecule has 5 fully saturated rings. The molecule has 0 amide bonds. The Balaban J connectivity index is 1.32. The van der Waals surface area contributed by atoms with Crippen LogP contribution in [0.25, 0.3) is 6.08 Å². The maximum Gasteiger partial charge on any atom is 0.159 e. The highest BCUT2D eigenvalue weighted by molar-refractivity contribution is 5.96. The number of allylic oxidation sites excluding steroid dienone is 1. The van der Waals surface area contributed by atoms with Gasteiger partial charge in [-0.2, -0.15) is 0 Å². The third-order valence-electron chi connectivity index (χ3n) is 13.9. The van der Waals surface area contributed by atoms with Crippen LogP contribution in [0.2, 0.25) is 0 Å². The molecule has 0 spiro atoms. The van der Waals surface area contributed by atoms with E-state index in [1.165, 1.54) is 19.3 Å². The third-order valence-corrected chi connectivity index (χ3v) is 13.9. The predicted molar refractivity (Wildman–Crippen MR) is 151 cm³/mol. The van der Waals surface area contributed by atoms with Crippen LogP contribution >= 0.6 is 0 Å². The van der Waals surface area contributed by atoms with Gasteiger partial charge in [-0.1, -0.05) is 40.7 Å². The van der Waals surface area contributed by atoms with Gasteiger partial charge in [0.05, 0.1) is 11.7 Å². The molecule has 4 heteroatoms. The van der Waals surface area contributed by atoms with Gasteiger partial charge < -0.3 is 10.2 Å². The first kappa shape index (κ1) is 26.7. The van der Waals surface area contributed by atoms with Crippen LogP contribution in [0.4, 0.5) is 0 Å². The van der Waals surface area contributed by atoms with Gasteiger partial charge >= 0.3 is 0 Å². The summed E-state index contributed by atoms with van der Waals surface area (Å²) >= 11 is 0. The first-order chi connectivity index (χ1) is 17.9. The number of ketones is 1. The molecule has 1 aromatic heterocycles. The van der Waals surface area contributed by atoms with Crippen molar-refractivity contribution >= 4 is 11.9 Å². The van der Waals surface area contributed by atoms with E-state index in [1.807, 2.05) is 18.2 Å². The maximum absolute atomic E-state index is 13.7. The summed E-state index contributed by atoms with van der Waals surface area (Å²) in [6, 6.07) is 3.86. The molecule has 1 heterocycles. The third kappa shape index (κ3) is 3.54. The van der Waals surface area contributed by atoms with Gasteiger partial charge in [0.15, 0.2) is 5.78 Å². The summed E-state index contributed by atoms with van der Waals surface area (Å²) in [7, 11) is 0. The molecule has 208 valence electrons. The van der Waals surface area contributed by atoms with Crippen molar-refractivity contribution in [3.05, 3.63) is 36.2 Å². The SMILES string of the molecule is CC1(C)[C@@H](O)CC[C@]2(C)[C@H]3CC[C@@H]4[C@H]5[C@H](C(=O)/C=C\c6ccncc6)CC[C@]5(O)CC[C@@]4(C)[C@]3(C)CC[C@@H]12. The second-order valence-electron chi connectivity index (χ2n) is 15.3. The number of nitrogens with zero attached hydrogens (tertiary/aromatic N) is 1. The fourth-order valence-electron chi connectivity index (χ4n) is 11.7. The molecule has 38 heavy (non-hydrogen) atoms. The Hall–Kier alpha value is -1.52. The van der Waals surface area contributed by atoms with E-state index in [4.69, 9.17) is 0 Å². The smallest absolute Gasteiger partial charge is 0.159 e. The largest absolute Gasteiger partial charge is 0.393 e. The van der Waals surface area contributed by atoms with Crippen LogP contribution in [0.3, 0.4) is 0 Å². The zero-order valence-corrected chi connectivity index (χ0v) is 24.2. The number of pyridine rings is 1. The van der Waals surface area contributed by atoms with E-state index in [2.05, 4.69) is 39.6 Å². The summed E-state index contributed by atoms with van der Waals surface area (Å²) in [5, 5.41) is 22.9. The molecule has 0 aromatic carbocycles. The monoisotopic (exact) mass is 519 g/mol. The number of rotatable bonds is 3. The van der Waals surface area contributed by atoms with Crippen LogP contribution in [0.5, 0.6) is 0 Å². The first-order valence-corrected chi connectivity index (χ1v) is 15.4. The van der Waals surface area contributed by atoms with Crippen molar-refractivity contribution in [3.8, 4) is 0 Å². The standard InChI is InChI=1S/C34H49NO3/c1-30(2)26-11-16-33(5)27(31(26,3)15-12-28(30)37)9-7-24-29-23(10-17-34(29,38)19-18-32(24,33)4)25(36)8-6-22-13-20-35-21-14-22/h6,8,13-14,20-21,23-24,26-29,37-38H,7,9-12,15-19H2,1-5H3/b8-6-/t23-,24+,26-,27+,28-,29+,31-,32+,33+,34-/m0/s1. The number of aliphatic hydroxyl groups is 2. The van der Waals surface area contributed by atoms with E-state index >= 15 is 0 Å². The number of carbonyl (C=O) groups excluding carboxylic acids is 1. The molecule has 0 saturated heterocycles. The molecule has 0 radical (unpaired) electrons. The molecular formula is C34H49NO3. The fourth-order valence-corrected chi connectivity index (χ4v) is 11.7. The van der Waals surface area contributed by atoms with Crippen molar-refractivity contribution < 1.29 is 15.0 Å². The Morgan fingerprint density at radius 2 is 1.61 bits per heavy atom. The topological polar surface area (TPSA) is 70.4 Å². The molecule has 2 N–H and O–H groups in total. The Labute approximate surface area is 229 Å². The van der Waals surface area contributed by atoms with Crippen LogP contribution < -0.4 is 0 Å². The minimum absolute atomic E-state index is 0.0387. The predicted octanol–water partition coefficient (Wildman–Crippen LogP) is 6.85. The molecule has 10 atom stereocenters. The minimum Gasteiger partial charge on any atom is -0.393 e. The molecule has 4 nitrogen and oxygen atoms in total. The highest BCUT2D eigenvalue weighted by atomic mass is 16.3. The quantitative estimate of drug-likeness (QED) is 0.429. The number of fused-ring (bicyclic) bond motifs is 7. The highest BCUT2D eigenvalue weighted by Crippen LogP contribution is 2.76. The van der Waals surface area contributed by atoms with Crippen LogP contribution in [-0.2, 0) is 4.79 Å². The van der Waals surface area contributed by atoms with Crippen molar-refractivity contribution in [2.75, 3.05) is 0 Å². The number of hydrogen-bond acceptors (Lipinski definition) is 4. The van der Waals surface area contributed by atoms with E-state index in [9.17, 15) is 15.0 Å². The van der Waals surface area contributed by atoms with Crippen LogP contribution in [0.1, 0.15) is 104 Å². The van der Waals surface area contributed by atoms with E-state index < -0.39 is 5.60 Å². The van der Waals surface area contributed by atoms with Crippen molar-refractivity contribution in [3.63, 3.8) is 0 Å². The van der Waals surface area contributed by atoms with Gasteiger partial charge in [-0.3, -0.25) is 9.78 Å². The molecule has 0 aliphatic heterocycles. The van der Waals surface area contributed by atoms with Crippen LogP contribution in [0.15, 0.2) is 30.6 Å². The lowest BCUT2D eigenvalue weighted by Crippen LogP contribution is -2.67. The van der Waals surface area contributed by atoms with Gasteiger partial charge in [-0.25, -0.2) is 0 Å². The average molecular weight is 520 g/mol. The summed E-state index contributed by atoms with van der Waals surface area (Å²) in [4.78, 5) is 17.7. The Kier molecular flexibility index (Phi) is 6.14. The summed E-state index contributed by atoms with van der Waals surface area (Å²) in [6.07, 6.45) is 17.2. The number of carbonyl (C=O) groups is 1. The zero-order chi connectivity index (χ0) is 27.1. The van der Waals surface area contributed by atoms with Gasteiger partial charge in [0.25, 0.3) is 0 Å². The normalized spacial score (nSPS) is 49.6. The van der Waals surface area contributed by atoms with E-state index in [0.29, 0.717) is 17.8 Å². The van der Waals surface area contributed by atoms with Crippen LogP contribution in [0, 0.1) is 51.2 Å². The number of aromatic nitrogens is 1. The van der Waals surface area contributed by atoms with Crippen molar-refractivity contribution in [2.24, 2.45) is 51.2 Å².